The number of nitrogen functional groups attached to an aromatic ring is 1. The molecule has 1 aliphatic carbocycles. The fraction of sp³-hybridized carbons (Fsp3) is 0.500. The van der Waals surface area contributed by atoms with Crippen LogP contribution in [0.15, 0.2) is 39.3 Å². The van der Waals surface area contributed by atoms with E-state index in [9.17, 15) is 8.42 Å². The van der Waals surface area contributed by atoms with Crippen LogP contribution in [-0.4, -0.2) is 38.7 Å². The standard InChI is InChI=1S/C16H23N5O2S/c1-2-18-15(21-12-16(11-19-21)8-3-4-9-16)20-24(22,23)14-7-5-6-13(17)10-14/h5-7,10-11H,2-4,8-9,12,17H2,1H3,(H,18,20). The largest absolute Gasteiger partial charge is 0.399 e. The summed E-state index contributed by atoms with van der Waals surface area (Å²) in [6.07, 6.45) is 6.52. The zero-order chi connectivity index (χ0) is 17.2. The number of hydrazone groups is 1. The average Bonchev–Trinajstić information content (AvgIpc) is 3.17. The van der Waals surface area contributed by atoms with E-state index in [1.807, 2.05) is 13.1 Å². The van der Waals surface area contributed by atoms with E-state index < -0.39 is 10.0 Å². The Morgan fingerprint density at radius 3 is 2.83 bits per heavy atom. The van der Waals surface area contributed by atoms with E-state index in [4.69, 9.17) is 5.73 Å². The summed E-state index contributed by atoms with van der Waals surface area (Å²) in [5.74, 6) is 0.264. The van der Waals surface area contributed by atoms with Crippen LogP contribution in [0.25, 0.3) is 0 Å². The number of hydrogen-bond acceptors (Lipinski definition) is 5. The molecule has 1 aromatic rings. The topological polar surface area (TPSA) is 100 Å². The highest BCUT2D eigenvalue weighted by Crippen LogP contribution is 2.40. The Kier molecular flexibility index (Phi) is 4.49. The first-order valence-electron chi connectivity index (χ1n) is 8.20. The predicted octanol–water partition coefficient (Wildman–Crippen LogP) is 1.78. The van der Waals surface area contributed by atoms with Gasteiger partial charge in [-0.2, -0.15) is 5.10 Å². The summed E-state index contributed by atoms with van der Waals surface area (Å²) in [7, 11) is -3.75. The Labute approximate surface area is 142 Å². The van der Waals surface area contributed by atoms with E-state index in [2.05, 4.69) is 14.8 Å². The highest BCUT2D eigenvalue weighted by molar-refractivity contribution is 7.90. The number of sulfonamides is 1. The Bertz CT molecular complexity index is 766. The summed E-state index contributed by atoms with van der Waals surface area (Å²) in [5, 5.41) is 6.08. The summed E-state index contributed by atoms with van der Waals surface area (Å²) in [6.45, 7) is 3.00. The molecule has 0 amide bonds. The second kappa shape index (κ2) is 6.43. The third-order valence-electron chi connectivity index (χ3n) is 4.48. The lowest BCUT2D eigenvalue weighted by molar-refractivity contribution is 0.342. The minimum absolute atomic E-state index is 0.0666. The molecule has 2 aliphatic rings. The van der Waals surface area contributed by atoms with E-state index in [0.717, 1.165) is 12.8 Å². The molecule has 130 valence electrons. The van der Waals surface area contributed by atoms with Crippen LogP contribution in [0.5, 0.6) is 0 Å². The van der Waals surface area contributed by atoms with Gasteiger partial charge in [0.2, 0.25) is 5.96 Å². The van der Waals surface area contributed by atoms with E-state index in [1.54, 1.807) is 17.1 Å². The van der Waals surface area contributed by atoms with Gasteiger partial charge in [0, 0.05) is 23.9 Å². The highest BCUT2D eigenvalue weighted by atomic mass is 32.2. The molecule has 7 nitrogen and oxygen atoms in total. The zero-order valence-electron chi connectivity index (χ0n) is 13.8. The van der Waals surface area contributed by atoms with Crippen LogP contribution in [0.2, 0.25) is 0 Å². The van der Waals surface area contributed by atoms with Gasteiger partial charge in [0.15, 0.2) is 0 Å². The molecule has 24 heavy (non-hydrogen) atoms. The van der Waals surface area contributed by atoms with Crippen molar-refractivity contribution in [3.8, 4) is 0 Å². The number of nitrogens with zero attached hydrogens (tertiary/aromatic N) is 3. The molecular weight excluding hydrogens is 326 g/mol. The molecule has 0 atom stereocenters. The van der Waals surface area contributed by atoms with Crippen molar-refractivity contribution in [2.24, 2.45) is 15.5 Å². The van der Waals surface area contributed by atoms with Gasteiger partial charge >= 0.3 is 0 Å². The number of nitrogens with one attached hydrogen (secondary N) is 1. The SMILES string of the molecule is CCN=C(NS(=O)(=O)c1cccc(N)c1)N1CC2(C=N1)CCCC2. The van der Waals surface area contributed by atoms with E-state index in [-0.39, 0.29) is 16.3 Å². The van der Waals surface area contributed by atoms with E-state index in [1.165, 1.54) is 25.0 Å². The smallest absolute Gasteiger partial charge is 0.264 e. The van der Waals surface area contributed by atoms with Crippen LogP contribution in [0, 0.1) is 5.41 Å². The van der Waals surface area contributed by atoms with Gasteiger partial charge in [-0.3, -0.25) is 4.99 Å². The Balaban J connectivity index is 1.80. The normalized spacial score (nSPS) is 20.0. The molecule has 0 radical (unpaired) electrons. The summed E-state index contributed by atoms with van der Waals surface area (Å²) in [4.78, 5) is 4.42. The maximum absolute atomic E-state index is 12.6. The van der Waals surface area contributed by atoms with Crippen LogP contribution in [0.3, 0.4) is 0 Å². The number of nitrogens with two attached hydrogens (primary N) is 1. The van der Waals surface area contributed by atoms with Gasteiger partial charge in [-0.05, 0) is 38.0 Å². The Hall–Kier alpha value is -2.09. The van der Waals surface area contributed by atoms with Gasteiger partial charge in [-0.25, -0.2) is 18.1 Å². The zero-order valence-corrected chi connectivity index (χ0v) is 14.6. The molecular formula is C16H23N5O2S. The quantitative estimate of drug-likeness (QED) is 0.493. The summed E-state index contributed by atoms with van der Waals surface area (Å²) in [5.41, 5.74) is 6.15. The van der Waals surface area contributed by atoms with E-state index >= 15 is 0 Å². The first-order chi connectivity index (χ1) is 11.4. The van der Waals surface area contributed by atoms with Crippen molar-refractivity contribution >= 4 is 27.9 Å². The maximum Gasteiger partial charge on any atom is 0.264 e. The van der Waals surface area contributed by atoms with Crippen LogP contribution < -0.4 is 10.5 Å². The van der Waals surface area contributed by atoms with Crippen molar-refractivity contribution in [2.75, 3.05) is 18.8 Å². The number of aliphatic imine (C=N–C) groups is 1. The molecule has 0 saturated heterocycles. The molecule has 3 N–H and O–H groups in total. The number of rotatable bonds is 3. The molecule has 1 aliphatic heterocycles. The van der Waals surface area contributed by atoms with Gasteiger partial charge in [0.1, 0.15) is 0 Å². The fourth-order valence-electron chi connectivity index (χ4n) is 3.25. The first kappa shape index (κ1) is 16.8. The molecule has 1 saturated carbocycles. The molecule has 1 fully saturated rings. The van der Waals surface area contributed by atoms with Gasteiger partial charge in [0.05, 0.1) is 11.4 Å². The van der Waals surface area contributed by atoms with Gasteiger partial charge in [-0.15, -0.1) is 0 Å². The van der Waals surface area contributed by atoms with Crippen LogP contribution in [0.4, 0.5) is 5.69 Å². The van der Waals surface area contributed by atoms with Crippen molar-refractivity contribution < 1.29 is 8.42 Å². The molecule has 0 bridgehead atoms. The van der Waals surface area contributed by atoms with Crippen molar-refractivity contribution in [3.63, 3.8) is 0 Å². The van der Waals surface area contributed by atoms with Gasteiger partial charge in [-0.1, -0.05) is 18.9 Å². The van der Waals surface area contributed by atoms with Crippen molar-refractivity contribution in [1.29, 1.82) is 0 Å². The Morgan fingerprint density at radius 1 is 1.42 bits per heavy atom. The summed E-state index contributed by atoms with van der Waals surface area (Å²) < 4.78 is 27.8. The lowest BCUT2D eigenvalue weighted by Gasteiger charge is -2.23. The average molecular weight is 349 g/mol. The molecule has 1 aromatic carbocycles. The second-order valence-corrected chi connectivity index (χ2v) is 8.03. The van der Waals surface area contributed by atoms with Gasteiger partial charge < -0.3 is 5.73 Å². The molecule has 3 rings (SSSR count). The van der Waals surface area contributed by atoms with Crippen molar-refractivity contribution in [1.82, 2.24) is 9.73 Å². The fourth-order valence-corrected chi connectivity index (χ4v) is 4.32. The number of hydrogen-bond donors (Lipinski definition) is 2. The molecule has 0 unspecified atom stereocenters. The van der Waals surface area contributed by atoms with Crippen LogP contribution >= 0.6 is 0 Å². The van der Waals surface area contributed by atoms with Crippen LogP contribution in [0.1, 0.15) is 32.6 Å². The second-order valence-electron chi connectivity index (χ2n) is 6.35. The minimum atomic E-state index is -3.75. The van der Waals surface area contributed by atoms with Crippen LogP contribution in [-0.2, 0) is 10.0 Å². The Morgan fingerprint density at radius 2 is 2.17 bits per heavy atom. The molecule has 1 spiro atoms. The van der Waals surface area contributed by atoms with Gasteiger partial charge in [0.25, 0.3) is 10.0 Å². The molecule has 8 heteroatoms. The summed E-state index contributed by atoms with van der Waals surface area (Å²) >= 11 is 0. The maximum atomic E-state index is 12.6. The number of anilines is 1. The number of benzene rings is 1. The highest BCUT2D eigenvalue weighted by Gasteiger charge is 2.39. The lowest BCUT2D eigenvalue weighted by Crippen LogP contribution is -2.42. The minimum Gasteiger partial charge on any atom is -0.399 e. The predicted molar refractivity (Wildman–Crippen MR) is 95.3 cm³/mol. The monoisotopic (exact) mass is 349 g/mol. The van der Waals surface area contributed by atoms with Crippen molar-refractivity contribution in [2.45, 2.75) is 37.5 Å². The lowest BCUT2D eigenvalue weighted by atomic mass is 9.88. The third-order valence-corrected chi connectivity index (χ3v) is 5.81. The van der Waals surface area contributed by atoms with E-state index in [0.29, 0.717) is 18.8 Å². The first-order valence-corrected chi connectivity index (χ1v) is 9.68. The molecule has 0 aromatic heterocycles. The van der Waals surface area contributed by atoms with Crippen molar-refractivity contribution in [3.05, 3.63) is 24.3 Å². The number of guanidine groups is 1. The molecule has 1 heterocycles. The summed E-state index contributed by atoms with van der Waals surface area (Å²) in [6, 6.07) is 6.20. The third kappa shape index (κ3) is 3.38.